The van der Waals surface area contributed by atoms with Crippen LogP contribution in [0.5, 0.6) is 0 Å². The van der Waals surface area contributed by atoms with Crippen LogP contribution in [0.1, 0.15) is 25.6 Å². The van der Waals surface area contributed by atoms with Crippen molar-refractivity contribution in [3.05, 3.63) is 48.5 Å². The SMILES string of the molecule is CCn1c(SCC(=O)NC(C)c2ccccn2)nnc1-c1ccco1. The normalized spacial score (nSPS) is 12.1. The van der Waals surface area contributed by atoms with Crippen molar-refractivity contribution in [1.29, 1.82) is 0 Å². The van der Waals surface area contributed by atoms with Crippen LogP contribution in [0.2, 0.25) is 0 Å². The molecular weight excluding hydrogens is 338 g/mol. The smallest absolute Gasteiger partial charge is 0.231 e. The molecule has 1 atom stereocenters. The highest BCUT2D eigenvalue weighted by Gasteiger charge is 2.17. The van der Waals surface area contributed by atoms with Crippen LogP contribution < -0.4 is 5.32 Å². The number of rotatable bonds is 7. The number of carbonyl (C=O) groups excluding carboxylic acids is 1. The summed E-state index contributed by atoms with van der Waals surface area (Å²) in [5.74, 6) is 1.51. The fourth-order valence-electron chi connectivity index (χ4n) is 2.39. The molecule has 0 aliphatic rings. The molecule has 7 nitrogen and oxygen atoms in total. The van der Waals surface area contributed by atoms with E-state index in [1.54, 1.807) is 12.5 Å². The van der Waals surface area contributed by atoms with Gasteiger partial charge >= 0.3 is 0 Å². The fraction of sp³-hybridized carbons (Fsp3) is 0.294. The second-order valence-corrected chi connectivity index (χ2v) is 6.30. The van der Waals surface area contributed by atoms with Gasteiger partial charge in [0.2, 0.25) is 5.91 Å². The third kappa shape index (κ3) is 4.08. The molecule has 1 N–H and O–H groups in total. The number of nitrogens with zero attached hydrogens (tertiary/aromatic N) is 4. The minimum atomic E-state index is -0.142. The van der Waals surface area contributed by atoms with Gasteiger partial charge in [-0.05, 0) is 38.1 Å². The minimum Gasteiger partial charge on any atom is -0.461 e. The molecule has 0 aliphatic heterocycles. The lowest BCUT2D eigenvalue weighted by Crippen LogP contribution is -2.28. The summed E-state index contributed by atoms with van der Waals surface area (Å²) in [6, 6.07) is 9.15. The monoisotopic (exact) mass is 357 g/mol. The van der Waals surface area contributed by atoms with E-state index in [1.807, 2.05) is 48.7 Å². The molecule has 3 aromatic rings. The molecule has 3 heterocycles. The number of amides is 1. The topological polar surface area (TPSA) is 85.8 Å². The van der Waals surface area contributed by atoms with Crippen LogP contribution in [0, 0.1) is 0 Å². The van der Waals surface area contributed by atoms with Gasteiger partial charge in [-0.25, -0.2) is 0 Å². The molecule has 130 valence electrons. The van der Waals surface area contributed by atoms with Crippen molar-refractivity contribution in [1.82, 2.24) is 25.1 Å². The van der Waals surface area contributed by atoms with E-state index in [0.717, 1.165) is 5.69 Å². The van der Waals surface area contributed by atoms with Gasteiger partial charge in [0.1, 0.15) is 0 Å². The highest BCUT2D eigenvalue weighted by molar-refractivity contribution is 7.99. The first kappa shape index (κ1) is 17.2. The Morgan fingerprint density at radius 1 is 1.32 bits per heavy atom. The summed E-state index contributed by atoms with van der Waals surface area (Å²) in [4.78, 5) is 16.5. The quantitative estimate of drug-likeness (QED) is 0.654. The van der Waals surface area contributed by atoms with Crippen LogP contribution in [0.4, 0.5) is 0 Å². The van der Waals surface area contributed by atoms with Crippen molar-refractivity contribution in [2.75, 3.05) is 5.75 Å². The molecule has 0 saturated heterocycles. The first-order valence-electron chi connectivity index (χ1n) is 7.99. The minimum absolute atomic E-state index is 0.0756. The molecule has 0 aliphatic carbocycles. The second-order valence-electron chi connectivity index (χ2n) is 5.36. The van der Waals surface area contributed by atoms with Gasteiger partial charge in [-0.3, -0.25) is 14.3 Å². The molecule has 0 fully saturated rings. The van der Waals surface area contributed by atoms with E-state index in [4.69, 9.17) is 4.42 Å². The van der Waals surface area contributed by atoms with E-state index in [-0.39, 0.29) is 17.7 Å². The standard InChI is InChI=1S/C17H19N5O2S/c1-3-22-16(14-8-6-10-24-14)20-21-17(22)25-11-15(23)19-12(2)13-7-4-5-9-18-13/h4-10,12H,3,11H2,1-2H3,(H,19,23). The number of thioether (sulfide) groups is 1. The third-order valence-electron chi connectivity index (χ3n) is 3.62. The van der Waals surface area contributed by atoms with Crippen LogP contribution in [0.3, 0.4) is 0 Å². The molecule has 0 radical (unpaired) electrons. The number of furan rings is 1. The molecule has 0 bridgehead atoms. The lowest BCUT2D eigenvalue weighted by molar-refractivity contribution is -0.119. The Morgan fingerprint density at radius 3 is 2.88 bits per heavy atom. The van der Waals surface area contributed by atoms with E-state index in [0.29, 0.717) is 23.3 Å². The summed E-state index contributed by atoms with van der Waals surface area (Å²) in [5, 5.41) is 12.0. The highest BCUT2D eigenvalue weighted by atomic mass is 32.2. The summed E-state index contributed by atoms with van der Waals surface area (Å²) >= 11 is 1.35. The van der Waals surface area contributed by atoms with Gasteiger partial charge in [0, 0.05) is 12.7 Å². The molecule has 1 amide bonds. The zero-order valence-electron chi connectivity index (χ0n) is 14.0. The maximum atomic E-state index is 12.2. The number of pyridine rings is 1. The first-order valence-corrected chi connectivity index (χ1v) is 8.97. The van der Waals surface area contributed by atoms with Crippen LogP contribution in [0.25, 0.3) is 11.6 Å². The van der Waals surface area contributed by atoms with E-state index in [2.05, 4.69) is 20.5 Å². The van der Waals surface area contributed by atoms with Crippen molar-refractivity contribution >= 4 is 17.7 Å². The second kappa shape index (κ2) is 7.98. The highest BCUT2D eigenvalue weighted by Crippen LogP contribution is 2.24. The van der Waals surface area contributed by atoms with Crippen molar-refractivity contribution in [3.63, 3.8) is 0 Å². The molecule has 0 spiro atoms. The number of hydrogen-bond acceptors (Lipinski definition) is 6. The van der Waals surface area contributed by atoms with Crippen LogP contribution in [-0.4, -0.2) is 31.4 Å². The molecule has 25 heavy (non-hydrogen) atoms. The predicted octanol–water partition coefficient (Wildman–Crippen LogP) is 2.92. The largest absolute Gasteiger partial charge is 0.461 e. The molecular formula is C17H19N5O2S. The average Bonchev–Trinajstić information content (AvgIpc) is 3.29. The molecule has 0 aromatic carbocycles. The van der Waals surface area contributed by atoms with E-state index in [9.17, 15) is 4.79 Å². The number of carbonyl (C=O) groups is 1. The number of hydrogen-bond donors (Lipinski definition) is 1. The molecule has 3 aromatic heterocycles. The van der Waals surface area contributed by atoms with Crippen molar-refractivity contribution in [2.45, 2.75) is 31.6 Å². The third-order valence-corrected chi connectivity index (χ3v) is 4.58. The fourth-order valence-corrected chi connectivity index (χ4v) is 3.20. The molecule has 8 heteroatoms. The summed E-state index contributed by atoms with van der Waals surface area (Å²) in [6.45, 7) is 4.61. The lowest BCUT2D eigenvalue weighted by Gasteiger charge is -2.13. The Balaban J connectivity index is 1.61. The van der Waals surface area contributed by atoms with Gasteiger partial charge in [-0.1, -0.05) is 17.8 Å². The Bertz CT molecular complexity index is 817. The van der Waals surface area contributed by atoms with Crippen molar-refractivity contribution in [3.8, 4) is 11.6 Å². The Morgan fingerprint density at radius 2 is 2.20 bits per heavy atom. The van der Waals surface area contributed by atoms with Gasteiger partial charge in [0.15, 0.2) is 16.7 Å². The van der Waals surface area contributed by atoms with Crippen LogP contribution in [0.15, 0.2) is 52.4 Å². The number of aromatic nitrogens is 4. The molecule has 0 saturated carbocycles. The summed E-state index contributed by atoms with van der Waals surface area (Å²) in [6.07, 6.45) is 3.32. The van der Waals surface area contributed by atoms with E-state index >= 15 is 0 Å². The van der Waals surface area contributed by atoms with Gasteiger partial charge in [-0.2, -0.15) is 0 Å². The predicted molar refractivity (Wildman–Crippen MR) is 94.9 cm³/mol. The Hall–Kier alpha value is -2.61. The van der Waals surface area contributed by atoms with Crippen LogP contribution in [-0.2, 0) is 11.3 Å². The van der Waals surface area contributed by atoms with E-state index < -0.39 is 0 Å². The van der Waals surface area contributed by atoms with Crippen LogP contribution >= 0.6 is 11.8 Å². The molecule has 3 rings (SSSR count). The maximum absolute atomic E-state index is 12.2. The van der Waals surface area contributed by atoms with E-state index in [1.165, 1.54) is 11.8 Å². The van der Waals surface area contributed by atoms with Gasteiger partial charge < -0.3 is 9.73 Å². The lowest BCUT2D eigenvalue weighted by atomic mass is 10.2. The Kier molecular flexibility index (Phi) is 5.49. The van der Waals surface area contributed by atoms with Crippen molar-refractivity contribution in [2.24, 2.45) is 0 Å². The van der Waals surface area contributed by atoms with Gasteiger partial charge in [0.05, 0.1) is 23.8 Å². The molecule has 1 unspecified atom stereocenters. The maximum Gasteiger partial charge on any atom is 0.231 e. The zero-order chi connectivity index (χ0) is 17.6. The summed E-state index contributed by atoms with van der Waals surface area (Å²) < 4.78 is 7.31. The average molecular weight is 357 g/mol. The number of nitrogens with one attached hydrogen (secondary N) is 1. The first-order chi connectivity index (χ1) is 12.2. The van der Waals surface area contributed by atoms with Gasteiger partial charge in [0.25, 0.3) is 0 Å². The zero-order valence-corrected chi connectivity index (χ0v) is 14.9. The van der Waals surface area contributed by atoms with Crippen molar-refractivity contribution < 1.29 is 9.21 Å². The summed E-state index contributed by atoms with van der Waals surface area (Å²) in [7, 11) is 0. The summed E-state index contributed by atoms with van der Waals surface area (Å²) in [5.41, 5.74) is 0.831. The Labute approximate surface area is 149 Å². The van der Waals surface area contributed by atoms with Gasteiger partial charge in [-0.15, -0.1) is 10.2 Å².